The Balaban J connectivity index is 2.38. The second kappa shape index (κ2) is 12.2. The van der Waals surface area contributed by atoms with Crippen LogP contribution in [-0.4, -0.2) is 39.3 Å². The number of carboxylic acid groups (broad SMARTS) is 1. The second-order valence-electron chi connectivity index (χ2n) is 7.23. The van der Waals surface area contributed by atoms with Crippen LogP contribution >= 0.6 is 0 Å². The smallest absolute Gasteiger partial charge is 0.303 e. The number of hydrogen-bond donors (Lipinski definition) is 3. The van der Waals surface area contributed by atoms with Gasteiger partial charge in [-0.1, -0.05) is 31.9 Å². The fourth-order valence-electron chi connectivity index (χ4n) is 3.67. The number of carbonyl (C=O) groups is 2. The number of carboxylic acids is 1. The highest BCUT2D eigenvalue weighted by atomic mass is 16.4. The number of hydrogen-bond acceptors (Lipinski definition) is 4. The minimum atomic E-state index is -0.786. The van der Waals surface area contributed by atoms with Crippen molar-refractivity contribution in [3.05, 3.63) is 12.2 Å². The molecule has 5 nitrogen and oxygen atoms in total. The van der Waals surface area contributed by atoms with E-state index < -0.39 is 18.2 Å². The van der Waals surface area contributed by atoms with Crippen molar-refractivity contribution in [2.45, 2.75) is 89.8 Å². The van der Waals surface area contributed by atoms with E-state index in [1.165, 1.54) is 0 Å². The van der Waals surface area contributed by atoms with Gasteiger partial charge < -0.3 is 15.3 Å². The van der Waals surface area contributed by atoms with Crippen LogP contribution in [0.4, 0.5) is 0 Å². The van der Waals surface area contributed by atoms with Crippen LogP contribution in [-0.2, 0) is 9.59 Å². The summed E-state index contributed by atoms with van der Waals surface area (Å²) >= 11 is 0. The zero-order chi connectivity index (χ0) is 18.7. The summed E-state index contributed by atoms with van der Waals surface area (Å²) in [5, 5.41) is 29.0. The highest BCUT2D eigenvalue weighted by Crippen LogP contribution is 2.38. The summed E-state index contributed by atoms with van der Waals surface area (Å²) in [6.07, 6.45) is 10.2. The first-order valence-corrected chi connectivity index (χ1v) is 9.70. The van der Waals surface area contributed by atoms with Gasteiger partial charge in [-0.2, -0.15) is 0 Å². The van der Waals surface area contributed by atoms with Gasteiger partial charge in [0.25, 0.3) is 0 Å². The molecule has 0 aliphatic heterocycles. The number of carbonyl (C=O) groups excluding carboxylic acids is 1. The fraction of sp³-hybridized carbons (Fsp3) is 0.800. The quantitative estimate of drug-likeness (QED) is 0.348. The molecule has 5 heteroatoms. The predicted molar refractivity (Wildman–Crippen MR) is 97.2 cm³/mol. The Morgan fingerprint density at radius 1 is 0.960 bits per heavy atom. The highest BCUT2D eigenvalue weighted by Gasteiger charge is 2.40. The second-order valence-corrected chi connectivity index (χ2v) is 7.23. The monoisotopic (exact) mass is 354 g/mol. The van der Waals surface area contributed by atoms with E-state index in [1.54, 1.807) is 0 Å². The molecule has 1 rings (SSSR count). The lowest BCUT2D eigenvalue weighted by Gasteiger charge is -2.22. The van der Waals surface area contributed by atoms with E-state index in [1.807, 2.05) is 12.2 Å². The van der Waals surface area contributed by atoms with Gasteiger partial charge in [0.15, 0.2) is 0 Å². The third-order valence-corrected chi connectivity index (χ3v) is 5.17. The number of Topliss-reactive ketones (excluding diaryl/α,β-unsaturated/α-hetero) is 1. The molecule has 144 valence electrons. The molecule has 0 radical (unpaired) electrons. The van der Waals surface area contributed by atoms with Gasteiger partial charge in [0, 0.05) is 19.3 Å². The number of aliphatic hydroxyl groups excluding tert-OH is 2. The summed E-state index contributed by atoms with van der Waals surface area (Å²) in [4.78, 5) is 22.4. The Morgan fingerprint density at radius 2 is 1.68 bits per heavy atom. The third-order valence-electron chi connectivity index (χ3n) is 5.17. The first-order chi connectivity index (χ1) is 12.0. The Morgan fingerprint density at radius 3 is 2.36 bits per heavy atom. The maximum absolute atomic E-state index is 12.0. The predicted octanol–water partition coefficient (Wildman–Crippen LogP) is 3.48. The first kappa shape index (κ1) is 21.8. The molecular weight excluding hydrogens is 320 g/mol. The number of unbranched alkanes of at least 4 members (excludes halogenated alkanes) is 3. The van der Waals surface area contributed by atoms with Gasteiger partial charge in [-0.05, 0) is 50.4 Å². The summed E-state index contributed by atoms with van der Waals surface area (Å²) < 4.78 is 0. The topological polar surface area (TPSA) is 94.8 Å². The molecule has 25 heavy (non-hydrogen) atoms. The summed E-state index contributed by atoms with van der Waals surface area (Å²) in [6, 6.07) is 0. The van der Waals surface area contributed by atoms with Gasteiger partial charge in [0.1, 0.15) is 5.78 Å². The number of rotatable bonds is 13. The highest BCUT2D eigenvalue weighted by molar-refractivity contribution is 5.78. The van der Waals surface area contributed by atoms with E-state index in [0.717, 1.165) is 19.3 Å². The van der Waals surface area contributed by atoms with E-state index in [4.69, 9.17) is 5.11 Å². The molecule has 3 N–H and O–H groups in total. The van der Waals surface area contributed by atoms with Gasteiger partial charge >= 0.3 is 5.97 Å². The van der Waals surface area contributed by atoms with Gasteiger partial charge in [-0.15, -0.1) is 0 Å². The van der Waals surface area contributed by atoms with Crippen molar-refractivity contribution < 1.29 is 24.9 Å². The number of allylic oxidation sites excluding steroid dienone is 2. The van der Waals surface area contributed by atoms with Gasteiger partial charge in [-0.25, -0.2) is 0 Å². The standard InChI is InChI=1S/C20H34O5/c1-2-3-6-9-15(21)12-13-17-16(18(22)14-19(17)23)10-7-4-5-8-11-20(24)25/h4,7,16-19,22-23H,2-3,5-6,8-14H2,1H3,(H,24,25)/b7-4-/t16-,17+,18+,19+/m0/s1. The molecule has 0 spiro atoms. The van der Waals surface area contributed by atoms with Crippen molar-refractivity contribution >= 4 is 11.8 Å². The van der Waals surface area contributed by atoms with Crippen LogP contribution in [0.15, 0.2) is 12.2 Å². The molecule has 0 aromatic heterocycles. The van der Waals surface area contributed by atoms with Crippen LogP contribution in [0.1, 0.15) is 77.6 Å². The van der Waals surface area contributed by atoms with Crippen LogP contribution in [0, 0.1) is 11.8 Å². The summed E-state index contributed by atoms with van der Waals surface area (Å²) in [6.45, 7) is 2.11. The first-order valence-electron chi connectivity index (χ1n) is 9.70. The Labute approximate surface area is 151 Å². The van der Waals surface area contributed by atoms with Crippen LogP contribution in [0.3, 0.4) is 0 Å². The van der Waals surface area contributed by atoms with Crippen LogP contribution in [0.5, 0.6) is 0 Å². The van der Waals surface area contributed by atoms with Crippen molar-refractivity contribution in [3.8, 4) is 0 Å². The zero-order valence-electron chi connectivity index (χ0n) is 15.4. The fourth-order valence-corrected chi connectivity index (χ4v) is 3.67. The Bertz CT molecular complexity index is 432. The lowest BCUT2D eigenvalue weighted by molar-refractivity contribution is -0.137. The van der Waals surface area contributed by atoms with Crippen molar-refractivity contribution in [1.29, 1.82) is 0 Å². The molecule has 0 unspecified atom stereocenters. The Kier molecular flexibility index (Phi) is 10.7. The van der Waals surface area contributed by atoms with Crippen molar-refractivity contribution in [1.82, 2.24) is 0 Å². The van der Waals surface area contributed by atoms with E-state index in [2.05, 4.69) is 6.92 Å². The molecule has 1 fully saturated rings. The summed E-state index contributed by atoms with van der Waals surface area (Å²) in [5.41, 5.74) is 0. The molecule has 0 heterocycles. The van der Waals surface area contributed by atoms with Crippen LogP contribution in [0.25, 0.3) is 0 Å². The number of ketones is 1. The minimum absolute atomic E-state index is 0.0193. The SMILES string of the molecule is CCCCCC(=O)CC[C@@H]1[C@H](C/C=C\CCCC(=O)O)[C@H](O)C[C@H]1O. The number of aliphatic hydroxyl groups is 2. The average molecular weight is 354 g/mol. The van der Waals surface area contributed by atoms with E-state index >= 15 is 0 Å². The van der Waals surface area contributed by atoms with Gasteiger partial charge in [0.2, 0.25) is 0 Å². The number of aliphatic carboxylic acids is 1. The maximum Gasteiger partial charge on any atom is 0.303 e. The summed E-state index contributed by atoms with van der Waals surface area (Å²) in [7, 11) is 0. The maximum atomic E-state index is 12.0. The molecular formula is C20H34O5. The van der Waals surface area contributed by atoms with E-state index in [9.17, 15) is 19.8 Å². The van der Waals surface area contributed by atoms with Crippen molar-refractivity contribution in [2.24, 2.45) is 11.8 Å². The lowest BCUT2D eigenvalue weighted by Crippen LogP contribution is -2.22. The normalized spacial score (nSPS) is 26.4. The van der Waals surface area contributed by atoms with Gasteiger partial charge in [0.05, 0.1) is 12.2 Å². The molecule has 0 aromatic rings. The molecule has 0 aromatic carbocycles. The molecule has 0 amide bonds. The van der Waals surface area contributed by atoms with Crippen LogP contribution in [0.2, 0.25) is 0 Å². The molecule has 1 aliphatic rings. The minimum Gasteiger partial charge on any atom is -0.481 e. The zero-order valence-corrected chi connectivity index (χ0v) is 15.4. The molecule has 1 aliphatic carbocycles. The van der Waals surface area contributed by atoms with E-state index in [0.29, 0.717) is 44.9 Å². The van der Waals surface area contributed by atoms with Crippen LogP contribution < -0.4 is 0 Å². The van der Waals surface area contributed by atoms with Crippen molar-refractivity contribution in [3.63, 3.8) is 0 Å². The third kappa shape index (κ3) is 8.63. The van der Waals surface area contributed by atoms with Gasteiger partial charge in [-0.3, -0.25) is 9.59 Å². The summed E-state index contributed by atoms with van der Waals surface area (Å²) in [5.74, 6) is -0.584. The molecule has 4 atom stereocenters. The van der Waals surface area contributed by atoms with Crippen molar-refractivity contribution in [2.75, 3.05) is 0 Å². The average Bonchev–Trinajstić information content (AvgIpc) is 2.82. The molecule has 0 saturated heterocycles. The Hall–Kier alpha value is -1.20. The molecule has 0 bridgehead atoms. The lowest BCUT2D eigenvalue weighted by atomic mass is 9.86. The largest absolute Gasteiger partial charge is 0.481 e. The van der Waals surface area contributed by atoms with E-state index in [-0.39, 0.29) is 24.0 Å². The molecule has 1 saturated carbocycles.